The summed E-state index contributed by atoms with van der Waals surface area (Å²) in [4.78, 5) is 1.15. The zero-order chi connectivity index (χ0) is 8.10. The minimum absolute atomic E-state index is 0.715. The van der Waals surface area contributed by atoms with Gasteiger partial charge in [0.2, 0.25) is 0 Å². The predicted octanol–water partition coefficient (Wildman–Crippen LogP) is 2.61. The summed E-state index contributed by atoms with van der Waals surface area (Å²) in [6, 6.07) is 8.95. The van der Waals surface area contributed by atoms with Gasteiger partial charge >= 0.3 is 0 Å². The molecule has 0 spiro atoms. The van der Waals surface area contributed by atoms with Gasteiger partial charge in [0.05, 0.1) is 6.61 Å². The highest BCUT2D eigenvalue weighted by atomic mass is 32.2. The molecule has 1 nitrogen and oxygen atoms in total. The number of hydrogen-bond acceptors (Lipinski definition) is 2. The van der Waals surface area contributed by atoms with E-state index in [-0.39, 0.29) is 0 Å². The smallest absolute Gasteiger partial charge is 0.119 e. The minimum Gasteiger partial charge on any atom is -0.494 e. The van der Waals surface area contributed by atoms with E-state index in [0.717, 1.165) is 10.6 Å². The Morgan fingerprint density at radius 1 is 1.55 bits per heavy atom. The largest absolute Gasteiger partial charge is 0.494 e. The summed E-state index contributed by atoms with van der Waals surface area (Å²) in [5.41, 5.74) is 0. The number of thioether (sulfide) groups is 1. The molecule has 1 aromatic carbocycles. The molecule has 11 heavy (non-hydrogen) atoms. The topological polar surface area (TPSA) is 9.23 Å². The third-order valence-corrected chi connectivity index (χ3v) is 1.98. The van der Waals surface area contributed by atoms with E-state index in [1.807, 2.05) is 31.4 Å². The first-order chi connectivity index (χ1) is 5.36. The van der Waals surface area contributed by atoms with Gasteiger partial charge in [-0.15, -0.1) is 11.8 Å². The molecule has 1 rings (SSSR count). The average molecular weight is 167 g/mol. The zero-order valence-corrected chi connectivity index (χ0v) is 7.57. The number of ether oxygens (including phenoxy) is 1. The lowest BCUT2D eigenvalue weighted by molar-refractivity contribution is 0.340. The number of rotatable bonds is 3. The monoisotopic (exact) mass is 167 g/mol. The molecule has 0 heterocycles. The van der Waals surface area contributed by atoms with Crippen LogP contribution >= 0.6 is 11.8 Å². The predicted molar refractivity (Wildman–Crippen MR) is 48.2 cm³/mol. The molecule has 0 N–H and O–H groups in total. The standard InChI is InChI=1S/C9H11OS/c1-3-10-8-4-6-9(11-2)7-5-8/h4-6H,3H2,1-2H3. The van der Waals surface area contributed by atoms with Crippen LogP contribution in [0.1, 0.15) is 6.92 Å². The van der Waals surface area contributed by atoms with Gasteiger partial charge in [0.1, 0.15) is 5.75 Å². The number of benzene rings is 1. The molecule has 1 aromatic rings. The van der Waals surface area contributed by atoms with Crippen LogP contribution in [-0.4, -0.2) is 12.9 Å². The minimum atomic E-state index is 0.715. The molecule has 0 bridgehead atoms. The van der Waals surface area contributed by atoms with Gasteiger partial charge in [-0.1, -0.05) is 0 Å². The summed E-state index contributed by atoms with van der Waals surface area (Å²) in [5.74, 6) is 0.894. The van der Waals surface area contributed by atoms with Crippen molar-refractivity contribution in [1.82, 2.24) is 0 Å². The van der Waals surface area contributed by atoms with E-state index in [9.17, 15) is 0 Å². The molecule has 0 aliphatic carbocycles. The normalized spacial score (nSPS) is 9.64. The van der Waals surface area contributed by atoms with Crippen LogP contribution in [0.3, 0.4) is 0 Å². The highest BCUT2D eigenvalue weighted by molar-refractivity contribution is 7.98. The highest BCUT2D eigenvalue weighted by Gasteiger charge is 1.91. The number of hydrogen-bond donors (Lipinski definition) is 0. The fourth-order valence-electron chi connectivity index (χ4n) is 0.780. The molecule has 0 atom stereocenters. The molecular formula is C9H11OS. The van der Waals surface area contributed by atoms with Crippen LogP contribution < -0.4 is 4.74 Å². The van der Waals surface area contributed by atoms with Crippen LogP contribution in [0.25, 0.3) is 0 Å². The molecule has 1 radical (unpaired) electrons. The summed E-state index contributed by atoms with van der Waals surface area (Å²) >= 11 is 1.68. The maximum atomic E-state index is 5.26. The van der Waals surface area contributed by atoms with Crippen molar-refractivity contribution in [3.05, 3.63) is 24.3 Å². The lowest BCUT2D eigenvalue weighted by Gasteiger charge is -2.01. The third-order valence-electron chi connectivity index (χ3n) is 1.29. The molecule has 0 aliphatic heterocycles. The van der Waals surface area contributed by atoms with Crippen molar-refractivity contribution in [2.45, 2.75) is 11.8 Å². The SMILES string of the molecule is CCOc1c[c]c(SC)cc1. The second kappa shape index (κ2) is 4.29. The summed E-state index contributed by atoms with van der Waals surface area (Å²) < 4.78 is 5.26. The maximum Gasteiger partial charge on any atom is 0.119 e. The summed E-state index contributed by atoms with van der Waals surface area (Å²) in [7, 11) is 0. The van der Waals surface area contributed by atoms with Gasteiger partial charge in [0, 0.05) is 11.0 Å². The van der Waals surface area contributed by atoms with E-state index in [1.165, 1.54) is 0 Å². The fourth-order valence-corrected chi connectivity index (χ4v) is 1.16. The molecule has 0 saturated heterocycles. The van der Waals surface area contributed by atoms with Crippen LogP contribution in [0, 0.1) is 6.07 Å². The van der Waals surface area contributed by atoms with E-state index in [1.54, 1.807) is 11.8 Å². The van der Waals surface area contributed by atoms with Crippen molar-refractivity contribution >= 4 is 11.8 Å². The van der Waals surface area contributed by atoms with Crippen LogP contribution in [-0.2, 0) is 0 Å². The van der Waals surface area contributed by atoms with E-state index in [0.29, 0.717) is 6.61 Å². The lowest BCUT2D eigenvalue weighted by Crippen LogP contribution is -1.90. The Morgan fingerprint density at radius 2 is 2.36 bits per heavy atom. The van der Waals surface area contributed by atoms with Crippen molar-refractivity contribution in [2.75, 3.05) is 12.9 Å². The van der Waals surface area contributed by atoms with E-state index < -0.39 is 0 Å². The Balaban J connectivity index is 2.66. The van der Waals surface area contributed by atoms with Gasteiger partial charge in [-0.05, 0) is 31.4 Å². The molecule has 59 valence electrons. The van der Waals surface area contributed by atoms with Gasteiger partial charge in [0.15, 0.2) is 0 Å². The van der Waals surface area contributed by atoms with Crippen LogP contribution in [0.2, 0.25) is 0 Å². The van der Waals surface area contributed by atoms with E-state index in [2.05, 4.69) is 6.07 Å². The summed E-state index contributed by atoms with van der Waals surface area (Å²) in [6.07, 6.45) is 2.03. The quantitative estimate of drug-likeness (QED) is 0.640. The van der Waals surface area contributed by atoms with Crippen molar-refractivity contribution in [1.29, 1.82) is 0 Å². The Bertz CT molecular complexity index is 205. The summed E-state index contributed by atoms with van der Waals surface area (Å²) in [6.45, 7) is 2.69. The first kappa shape index (κ1) is 8.47. The molecular weight excluding hydrogens is 156 g/mol. The van der Waals surface area contributed by atoms with Gasteiger partial charge in [-0.3, -0.25) is 0 Å². The van der Waals surface area contributed by atoms with Crippen LogP contribution in [0.4, 0.5) is 0 Å². The molecule has 0 unspecified atom stereocenters. The van der Waals surface area contributed by atoms with Crippen LogP contribution in [0.5, 0.6) is 5.75 Å². The van der Waals surface area contributed by atoms with Crippen molar-refractivity contribution < 1.29 is 4.74 Å². The molecule has 0 fully saturated rings. The Kier molecular flexibility index (Phi) is 3.30. The zero-order valence-electron chi connectivity index (χ0n) is 6.76. The van der Waals surface area contributed by atoms with Crippen molar-refractivity contribution in [2.24, 2.45) is 0 Å². The summed E-state index contributed by atoms with van der Waals surface area (Å²) in [5, 5.41) is 0. The second-order valence-electron chi connectivity index (χ2n) is 2.03. The first-order valence-electron chi connectivity index (χ1n) is 3.55. The average Bonchev–Trinajstić information content (AvgIpc) is 2.07. The Labute approximate surface area is 71.8 Å². The molecule has 0 aromatic heterocycles. The molecule has 0 amide bonds. The Hall–Kier alpha value is -0.630. The highest BCUT2D eigenvalue weighted by Crippen LogP contribution is 2.17. The van der Waals surface area contributed by atoms with Gasteiger partial charge in [-0.25, -0.2) is 0 Å². The molecule has 0 aliphatic rings. The first-order valence-corrected chi connectivity index (χ1v) is 4.78. The van der Waals surface area contributed by atoms with Crippen molar-refractivity contribution in [3.8, 4) is 5.75 Å². The fraction of sp³-hybridized carbons (Fsp3) is 0.333. The van der Waals surface area contributed by atoms with Crippen molar-refractivity contribution in [3.63, 3.8) is 0 Å². The third kappa shape index (κ3) is 2.46. The maximum absolute atomic E-state index is 5.26. The second-order valence-corrected chi connectivity index (χ2v) is 2.87. The van der Waals surface area contributed by atoms with Gasteiger partial charge in [0.25, 0.3) is 0 Å². The van der Waals surface area contributed by atoms with Crippen LogP contribution in [0.15, 0.2) is 23.1 Å². The van der Waals surface area contributed by atoms with Gasteiger partial charge in [-0.2, -0.15) is 0 Å². The van der Waals surface area contributed by atoms with E-state index in [4.69, 9.17) is 4.74 Å². The molecule has 2 heteroatoms. The lowest BCUT2D eigenvalue weighted by atomic mass is 10.3. The van der Waals surface area contributed by atoms with E-state index >= 15 is 0 Å². The molecule has 0 saturated carbocycles. The van der Waals surface area contributed by atoms with Gasteiger partial charge < -0.3 is 4.74 Å². The Morgan fingerprint density at radius 3 is 2.82 bits per heavy atom.